The molecule has 0 bridgehead atoms. The van der Waals surface area contributed by atoms with E-state index in [1.165, 1.54) is 24.3 Å². The Morgan fingerprint density at radius 3 is 2.16 bits per heavy atom. The van der Waals surface area contributed by atoms with Gasteiger partial charge in [-0.05, 0) is 42.0 Å². The van der Waals surface area contributed by atoms with E-state index < -0.39 is 34.1 Å². The van der Waals surface area contributed by atoms with Crippen LogP contribution in [0.15, 0.2) is 78.5 Å². The molecule has 0 unspecified atom stereocenters. The number of carbonyl (C=O) groups is 2. The smallest absolute Gasteiger partial charge is 0.282 e. The van der Waals surface area contributed by atoms with E-state index in [0.717, 1.165) is 12.1 Å². The predicted molar refractivity (Wildman–Crippen MR) is 109 cm³/mol. The SMILES string of the molecule is O=C1C(Nc2ccccc2)=C(c2ccc([N+](=O)[O-])cc2)C(=O)N1c1ccc(F)cc1F. The first-order valence-corrected chi connectivity index (χ1v) is 9.02. The molecule has 31 heavy (non-hydrogen) atoms. The number of nitro benzene ring substituents is 1. The first-order valence-electron chi connectivity index (χ1n) is 9.02. The van der Waals surface area contributed by atoms with Crippen LogP contribution in [0.4, 0.5) is 25.8 Å². The van der Waals surface area contributed by atoms with Gasteiger partial charge < -0.3 is 5.32 Å². The van der Waals surface area contributed by atoms with Crippen molar-refractivity contribution < 1.29 is 23.3 Å². The average molecular weight is 421 g/mol. The Hall–Kier alpha value is -4.40. The van der Waals surface area contributed by atoms with Gasteiger partial charge in [-0.1, -0.05) is 18.2 Å². The number of amides is 2. The number of anilines is 2. The first kappa shape index (κ1) is 19.9. The second-order valence-electron chi connectivity index (χ2n) is 6.59. The summed E-state index contributed by atoms with van der Waals surface area (Å²) in [6.45, 7) is 0. The molecule has 3 aromatic rings. The molecular formula is C22H13F2N3O4. The van der Waals surface area contributed by atoms with Crippen molar-refractivity contribution >= 4 is 34.4 Å². The van der Waals surface area contributed by atoms with Crippen molar-refractivity contribution in [2.75, 3.05) is 10.2 Å². The lowest BCUT2D eigenvalue weighted by atomic mass is 10.0. The van der Waals surface area contributed by atoms with Crippen molar-refractivity contribution in [3.8, 4) is 0 Å². The van der Waals surface area contributed by atoms with E-state index in [1.54, 1.807) is 30.3 Å². The molecule has 1 N–H and O–H groups in total. The van der Waals surface area contributed by atoms with Crippen molar-refractivity contribution in [3.05, 3.63) is 106 Å². The minimum Gasteiger partial charge on any atom is -0.350 e. The van der Waals surface area contributed by atoms with Crippen LogP contribution in [0.2, 0.25) is 0 Å². The molecule has 0 spiro atoms. The fourth-order valence-electron chi connectivity index (χ4n) is 3.21. The zero-order valence-corrected chi connectivity index (χ0v) is 15.7. The summed E-state index contributed by atoms with van der Waals surface area (Å²) in [5.74, 6) is -3.62. The van der Waals surface area contributed by atoms with Crippen molar-refractivity contribution in [2.45, 2.75) is 0 Å². The maximum Gasteiger partial charge on any atom is 0.282 e. The number of carbonyl (C=O) groups excluding carboxylic acids is 2. The van der Waals surface area contributed by atoms with Crippen molar-refractivity contribution in [2.24, 2.45) is 0 Å². The summed E-state index contributed by atoms with van der Waals surface area (Å²) in [7, 11) is 0. The highest BCUT2D eigenvalue weighted by atomic mass is 19.1. The fraction of sp³-hybridized carbons (Fsp3) is 0. The highest BCUT2D eigenvalue weighted by Crippen LogP contribution is 2.35. The second-order valence-corrected chi connectivity index (χ2v) is 6.59. The van der Waals surface area contributed by atoms with E-state index in [2.05, 4.69) is 5.32 Å². The molecule has 1 aliphatic heterocycles. The Morgan fingerprint density at radius 2 is 1.55 bits per heavy atom. The molecule has 4 rings (SSSR count). The van der Waals surface area contributed by atoms with Gasteiger partial charge in [0.25, 0.3) is 17.5 Å². The number of halogens is 2. The van der Waals surface area contributed by atoms with Crippen LogP contribution >= 0.6 is 0 Å². The Bertz CT molecular complexity index is 1240. The van der Waals surface area contributed by atoms with Crippen LogP contribution in [0.5, 0.6) is 0 Å². The van der Waals surface area contributed by atoms with Gasteiger partial charge >= 0.3 is 0 Å². The molecule has 0 radical (unpaired) electrons. The highest BCUT2D eigenvalue weighted by Gasteiger charge is 2.41. The minimum atomic E-state index is -1.08. The number of rotatable bonds is 5. The largest absolute Gasteiger partial charge is 0.350 e. The summed E-state index contributed by atoms with van der Waals surface area (Å²) < 4.78 is 27.7. The standard InChI is InChI=1S/C22H13F2N3O4/c23-14-8-11-18(17(24)12-14)26-21(28)19(13-6-9-16(10-7-13)27(30)31)20(22(26)29)25-15-4-2-1-3-5-15/h1-12,25H. The lowest BCUT2D eigenvalue weighted by molar-refractivity contribution is -0.384. The normalized spacial score (nSPS) is 13.7. The van der Waals surface area contributed by atoms with E-state index >= 15 is 0 Å². The Kier molecular flexibility index (Phi) is 5.00. The molecule has 0 aliphatic carbocycles. The van der Waals surface area contributed by atoms with Crippen LogP contribution in [0.3, 0.4) is 0 Å². The summed E-state index contributed by atoms with van der Waals surface area (Å²) in [6.07, 6.45) is 0. The number of benzene rings is 3. The number of nitrogens with one attached hydrogen (secondary N) is 1. The molecule has 0 saturated carbocycles. The van der Waals surface area contributed by atoms with E-state index in [9.17, 15) is 28.5 Å². The maximum absolute atomic E-state index is 14.4. The molecule has 7 nitrogen and oxygen atoms in total. The van der Waals surface area contributed by atoms with Crippen LogP contribution in [-0.4, -0.2) is 16.7 Å². The van der Waals surface area contributed by atoms with Crippen LogP contribution in [0, 0.1) is 21.7 Å². The maximum atomic E-state index is 14.4. The molecule has 0 fully saturated rings. The zero-order chi connectivity index (χ0) is 22.1. The van der Waals surface area contributed by atoms with Crippen molar-refractivity contribution in [1.29, 1.82) is 0 Å². The summed E-state index contributed by atoms with van der Waals surface area (Å²) >= 11 is 0. The van der Waals surface area contributed by atoms with Gasteiger partial charge in [0.15, 0.2) is 0 Å². The Balaban J connectivity index is 1.83. The Labute approximate surface area is 174 Å². The third kappa shape index (κ3) is 3.64. The lowest BCUT2D eigenvalue weighted by Crippen LogP contribution is -2.33. The number of nitrogens with zero attached hydrogens (tertiary/aromatic N) is 2. The zero-order valence-electron chi connectivity index (χ0n) is 15.7. The lowest BCUT2D eigenvalue weighted by Gasteiger charge is -2.16. The summed E-state index contributed by atoms with van der Waals surface area (Å²) in [5.41, 5.74) is -0.0889. The number of hydrogen-bond acceptors (Lipinski definition) is 5. The van der Waals surface area contributed by atoms with Gasteiger partial charge in [-0.25, -0.2) is 13.7 Å². The van der Waals surface area contributed by atoms with Crippen LogP contribution in [0.25, 0.3) is 5.57 Å². The molecule has 0 atom stereocenters. The average Bonchev–Trinajstić information content (AvgIpc) is 2.99. The number of hydrogen-bond donors (Lipinski definition) is 1. The molecule has 0 aromatic heterocycles. The quantitative estimate of drug-likeness (QED) is 0.377. The molecule has 154 valence electrons. The van der Waals surface area contributed by atoms with Gasteiger partial charge in [0, 0.05) is 23.9 Å². The number of non-ortho nitro benzene ring substituents is 1. The number of imide groups is 1. The van der Waals surface area contributed by atoms with Crippen LogP contribution in [0.1, 0.15) is 5.56 Å². The first-order chi connectivity index (χ1) is 14.9. The van der Waals surface area contributed by atoms with Gasteiger partial charge in [0.05, 0.1) is 16.2 Å². The molecular weight excluding hydrogens is 408 g/mol. The van der Waals surface area contributed by atoms with E-state index in [-0.39, 0.29) is 22.5 Å². The third-order valence-corrected chi connectivity index (χ3v) is 4.64. The minimum absolute atomic E-state index is 0.0903. The summed E-state index contributed by atoms with van der Waals surface area (Å²) in [6, 6.07) is 16.1. The topological polar surface area (TPSA) is 92.5 Å². The number of para-hydroxylation sites is 1. The molecule has 3 aromatic carbocycles. The monoisotopic (exact) mass is 421 g/mol. The fourth-order valence-corrected chi connectivity index (χ4v) is 3.21. The van der Waals surface area contributed by atoms with Crippen LogP contribution in [-0.2, 0) is 9.59 Å². The summed E-state index contributed by atoms with van der Waals surface area (Å²) in [4.78, 5) is 37.3. The number of nitro groups is 1. The van der Waals surface area contributed by atoms with Gasteiger partial charge in [0.2, 0.25) is 0 Å². The van der Waals surface area contributed by atoms with E-state index in [0.29, 0.717) is 16.7 Å². The van der Waals surface area contributed by atoms with E-state index in [4.69, 9.17) is 0 Å². The molecule has 2 amide bonds. The van der Waals surface area contributed by atoms with Crippen molar-refractivity contribution in [3.63, 3.8) is 0 Å². The molecule has 1 heterocycles. The molecule has 1 aliphatic rings. The van der Waals surface area contributed by atoms with Gasteiger partial charge in [-0.15, -0.1) is 0 Å². The summed E-state index contributed by atoms with van der Waals surface area (Å²) in [5, 5.41) is 13.8. The highest BCUT2D eigenvalue weighted by molar-refractivity contribution is 6.46. The van der Waals surface area contributed by atoms with Gasteiger partial charge in [0.1, 0.15) is 17.3 Å². The molecule has 9 heteroatoms. The van der Waals surface area contributed by atoms with Gasteiger partial charge in [-0.3, -0.25) is 19.7 Å². The van der Waals surface area contributed by atoms with Crippen LogP contribution < -0.4 is 10.2 Å². The predicted octanol–water partition coefficient (Wildman–Crippen LogP) is 4.27. The van der Waals surface area contributed by atoms with Crippen molar-refractivity contribution in [1.82, 2.24) is 0 Å². The van der Waals surface area contributed by atoms with Gasteiger partial charge in [-0.2, -0.15) is 0 Å². The van der Waals surface area contributed by atoms with E-state index in [1.807, 2.05) is 0 Å². The second kappa shape index (κ2) is 7.79. The third-order valence-electron chi connectivity index (χ3n) is 4.64. The Morgan fingerprint density at radius 1 is 0.871 bits per heavy atom. The molecule has 0 saturated heterocycles.